The predicted octanol–water partition coefficient (Wildman–Crippen LogP) is 4.18. The van der Waals surface area contributed by atoms with E-state index in [1.54, 1.807) is 23.0 Å². The molecular formula is C28H21N7O2. The second kappa shape index (κ2) is 8.81. The number of hydrogen-bond acceptors (Lipinski definition) is 8. The van der Waals surface area contributed by atoms with E-state index in [1.807, 2.05) is 50.5 Å². The lowest BCUT2D eigenvalue weighted by Crippen LogP contribution is -2.54. The first-order chi connectivity index (χ1) is 18.0. The second-order valence-corrected chi connectivity index (χ2v) is 8.88. The molecule has 37 heavy (non-hydrogen) atoms. The van der Waals surface area contributed by atoms with Gasteiger partial charge in [-0.1, -0.05) is 11.1 Å². The van der Waals surface area contributed by atoms with Crippen molar-refractivity contribution in [2.75, 3.05) is 18.0 Å². The predicted molar refractivity (Wildman–Crippen MR) is 137 cm³/mol. The number of aryl methyl sites for hydroxylation is 2. The van der Waals surface area contributed by atoms with E-state index >= 15 is 0 Å². The van der Waals surface area contributed by atoms with Crippen molar-refractivity contribution in [3.63, 3.8) is 0 Å². The van der Waals surface area contributed by atoms with Crippen molar-refractivity contribution in [1.29, 1.82) is 5.26 Å². The van der Waals surface area contributed by atoms with Crippen molar-refractivity contribution in [3.8, 4) is 46.4 Å². The summed E-state index contributed by atoms with van der Waals surface area (Å²) in [5, 5.41) is 18.2. The third-order valence-electron chi connectivity index (χ3n) is 6.47. The van der Waals surface area contributed by atoms with Gasteiger partial charge in [0, 0.05) is 34.6 Å². The van der Waals surface area contributed by atoms with Gasteiger partial charge in [0.15, 0.2) is 0 Å². The summed E-state index contributed by atoms with van der Waals surface area (Å²) in [7, 11) is 0. The Hall–Kier alpha value is -5.15. The molecule has 9 nitrogen and oxygen atoms in total. The van der Waals surface area contributed by atoms with E-state index in [9.17, 15) is 5.26 Å². The van der Waals surface area contributed by atoms with Gasteiger partial charge in [-0.3, -0.25) is 0 Å². The minimum atomic E-state index is 0.0521. The van der Waals surface area contributed by atoms with Gasteiger partial charge in [0.2, 0.25) is 0 Å². The van der Waals surface area contributed by atoms with Crippen LogP contribution >= 0.6 is 0 Å². The van der Waals surface area contributed by atoms with Crippen LogP contribution in [0.15, 0.2) is 59.6 Å². The quantitative estimate of drug-likeness (QED) is 0.340. The number of aromatic nitrogens is 5. The van der Waals surface area contributed by atoms with E-state index in [1.165, 1.54) is 0 Å². The number of nitriles is 1. The molecule has 0 unspecified atom stereocenters. The smallest absolute Gasteiger partial charge is 0.141 e. The maximum absolute atomic E-state index is 9.68. The molecule has 0 amide bonds. The summed E-state index contributed by atoms with van der Waals surface area (Å²) in [6.07, 6.45) is 12.3. The van der Waals surface area contributed by atoms with Crippen LogP contribution in [0.3, 0.4) is 0 Å². The molecule has 0 aliphatic carbocycles. The molecule has 1 saturated heterocycles. The Morgan fingerprint density at radius 3 is 2.59 bits per heavy atom. The van der Waals surface area contributed by atoms with Crippen LogP contribution in [0.2, 0.25) is 0 Å². The van der Waals surface area contributed by atoms with Crippen LogP contribution in [0.1, 0.15) is 22.7 Å². The van der Waals surface area contributed by atoms with E-state index in [0.29, 0.717) is 17.0 Å². The fourth-order valence-corrected chi connectivity index (χ4v) is 4.62. The van der Waals surface area contributed by atoms with Crippen molar-refractivity contribution in [3.05, 3.63) is 77.8 Å². The summed E-state index contributed by atoms with van der Waals surface area (Å²) < 4.78 is 13.1. The summed E-state index contributed by atoms with van der Waals surface area (Å²) >= 11 is 0. The SMILES string of the molecule is C#Cc1ccc(OC2CN(c3ccc(-c4cc(-c5c(C)noc5C)cn5ncc(C#N)c45)cn3)C2)cn1. The van der Waals surface area contributed by atoms with Gasteiger partial charge in [-0.05, 0) is 44.2 Å². The van der Waals surface area contributed by atoms with Gasteiger partial charge >= 0.3 is 0 Å². The Morgan fingerprint density at radius 1 is 1.08 bits per heavy atom. The first kappa shape index (κ1) is 22.3. The molecule has 180 valence electrons. The Balaban J connectivity index is 1.26. The summed E-state index contributed by atoms with van der Waals surface area (Å²) in [6, 6.07) is 11.9. The number of nitrogens with zero attached hydrogens (tertiary/aromatic N) is 7. The number of terminal acetylenes is 1. The molecule has 0 saturated carbocycles. The number of fused-ring (bicyclic) bond motifs is 1. The summed E-state index contributed by atoms with van der Waals surface area (Å²) in [4.78, 5) is 11.0. The maximum Gasteiger partial charge on any atom is 0.141 e. The topological polar surface area (TPSA) is 105 Å². The zero-order valence-corrected chi connectivity index (χ0v) is 20.2. The number of anilines is 1. The highest BCUT2D eigenvalue weighted by atomic mass is 16.5. The average molecular weight is 488 g/mol. The lowest BCUT2D eigenvalue weighted by atomic mass is 9.99. The highest BCUT2D eigenvalue weighted by molar-refractivity contribution is 5.88. The normalized spacial score (nSPS) is 13.2. The van der Waals surface area contributed by atoms with Crippen molar-refractivity contribution in [1.82, 2.24) is 24.7 Å². The lowest BCUT2D eigenvalue weighted by molar-refractivity contribution is 0.166. The molecule has 6 heterocycles. The molecule has 0 radical (unpaired) electrons. The zero-order valence-electron chi connectivity index (χ0n) is 20.2. The van der Waals surface area contributed by atoms with Crippen molar-refractivity contribution in [2.24, 2.45) is 0 Å². The molecule has 0 spiro atoms. The molecular weight excluding hydrogens is 466 g/mol. The standard InChI is InChI=1S/C28H21N7O2/c1-4-22-6-7-23(13-30-22)36-24-15-34(16-24)26-8-5-19(11-31-26)25-9-20(27-17(2)33-37-18(27)3)14-35-28(25)21(10-29)12-32-35/h1,5-9,11-14,24H,15-16H2,2-3H3. The average Bonchev–Trinajstić information content (AvgIpc) is 3.47. The summed E-state index contributed by atoms with van der Waals surface area (Å²) in [5.74, 6) is 4.78. The molecule has 6 rings (SSSR count). The van der Waals surface area contributed by atoms with E-state index in [-0.39, 0.29) is 6.10 Å². The first-order valence-corrected chi connectivity index (χ1v) is 11.7. The van der Waals surface area contributed by atoms with Crippen LogP contribution in [-0.4, -0.2) is 43.9 Å². The van der Waals surface area contributed by atoms with E-state index in [2.05, 4.69) is 32.1 Å². The van der Waals surface area contributed by atoms with Gasteiger partial charge in [0.25, 0.3) is 0 Å². The molecule has 0 aromatic carbocycles. The molecule has 5 aromatic heterocycles. The number of hydrogen-bond donors (Lipinski definition) is 0. The van der Waals surface area contributed by atoms with Crippen LogP contribution < -0.4 is 9.64 Å². The number of rotatable bonds is 5. The van der Waals surface area contributed by atoms with Crippen LogP contribution in [0.5, 0.6) is 5.75 Å². The molecule has 1 fully saturated rings. The van der Waals surface area contributed by atoms with Crippen LogP contribution in [0.4, 0.5) is 5.82 Å². The molecule has 0 N–H and O–H groups in total. The minimum absolute atomic E-state index is 0.0521. The Bertz CT molecular complexity index is 1680. The molecule has 0 atom stereocenters. The lowest BCUT2D eigenvalue weighted by Gasteiger charge is -2.39. The van der Waals surface area contributed by atoms with Gasteiger partial charge < -0.3 is 14.2 Å². The first-order valence-electron chi connectivity index (χ1n) is 11.7. The number of pyridine rings is 3. The van der Waals surface area contributed by atoms with Crippen molar-refractivity contribution >= 4 is 11.3 Å². The highest BCUT2D eigenvalue weighted by Crippen LogP contribution is 2.35. The van der Waals surface area contributed by atoms with E-state index in [0.717, 1.165) is 58.1 Å². The van der Waals surface area contributed by atoms with Crippen LogP contribution in [0, 0.1) is 37.5 Å². The van der Waals surface area contributed by atoms with Crippen LogP contribution in [-0.2, 0) is 0 Å². The summed E-state index contributed by atoms with van der Waals surface area (Å²) in [6.45, 7) is 5.22. The number of ether oxygens (including phenoxy) is 1. The maximum atomic E-state index is 9.68. The zero-order chi connectivity index (χ0) is 25.5. The van der Waals surface area contributed by atoms with Gasteiger partial charge in [-0.2, -0.15) is 10.4 Å². The van der Waals surface area contributed by atoms with Gasteiger partial charge in [-0.15, -0.1) is 6.42 Å². The molecule has 1 aliphatic rings. The highest BCUT2D eigenvalue weighted by Gasteiger charge is 2.29. The molecule has 5 aromatic rings. The summed E-state index contributed by atoms with van der Waals surface area (Å²) in [5.41, 5.74) is 6.16. The largest absolute Gasteiger partial charge is 0.485 e. The molecule has 1 aliphatic heterocycles. The Kier molecular flexibility index (Phi) is 5.32. The van der Waals surface area contributed by atoms with E-state index in [4.69, 9.17) is 20.7 Å². The van der Waals surface area contributed by atoms with E-state index < -0.39 is 0 Å². The van der Waals surface area contributed by atoms with Crippen LogP contribution in [0.25, 0.3) is 27.8 Å². The van der Waals surface area contributed by atoms with Gasteiger partial charge in [-0.25, -0.2) is 14.5 Å². The third kappa shape index (κ3) is 3.93. The Morgan fingerprint density at radius 2 is 1.95 bits per heavy atom. The van der Waals surface area contributed by atoms with Gasteiger partial charge in [0.1, 0.15) is 35.2 Å². The fourth-order valence-electron chi connectivity index (χ4n) is 4.62. The monoisotopic (exact) mass is 487 g/mol. The molecule has 9 heteroatoms. The third-order valence-corrected chi connectivity index (χ3v) is 6.47. The van der Waals surface area contributed by atoms with Crippen molar-refractivity contribution < 1.29 is 9.26 Å². The Labute approximate surface area is 212 Å². The van der Waals surface area contributed by atoms with Gasteiger partial charge in [0.05, 0.1) is 42.3 Å². The molecule has 0 bridgehead atoms. The second-order valence-electron chi connectivity index (χ2n) is 8.88. The minimum Gasteiger partial charge on any atom is -0.485 e. The van der Waals surface area contributed by atoms with Crippen molar-refractivity contribution in [2.45, 2.75) is 20.0 Å². The fraction of sp³-hybridized carbons (Fsp3) is 0.179.